The smallest absolute Gasteiger partial charge is 0.225 e. The highest BCUT2D eigenvalue weighted by molar-refractivity contribution is 5.79. The minimum atomic E-state index is 0.0513. The lowest BCUT2D eigenvalue weighted by Gasteiger charge is -2.33. The molecule has 1 aliphatic carbocycles. The fourth-order valence-corrected chi connectivity index (χ4v) is 4.03. The van der Waals surface area contributed by atoms with E-state index in [1.807, 2.05) is 12.1 Å². The summed E-state index contributed by atoms with van der Waals surface area (Å²) >= 11 is 0. The van der Waals surface area contributed by atoms with Gasteiger partial charge in [-0.05, 0) is 37.8 Å². The summed E-state index contributed by atoms with van der Waals surface area (Å²) in [6.45, 7) is 1.67. The molecule has 2 aromatic rings. The van der Waals surface area contributed by atoms with Crippen LogP contribution in [0.2, 0.25) is 0 Å². The molecular formula is C18H26N6O. The van der Waals surface area contributed by atoms with E-state index >= 15 is 0 Å². The summed E-state index contributed by atoms with van der Waals surface area (Å²) in [5.41, 5.74) is 0.739. The molecule has 1 aliphatic heterocycles. The molecular weight excluding hydrogens is 316 g/mol. The Kier molecular flexibility index (Phi) is 4.81. The molecule has 0 radical (unpaired) electrons. The van der Waals surface area contributed by atoms with Gasteiger partial charge in [-0.3, -0.25) is 4.79 Å². The molecule has 3 heterocycles. The highest BCUT2D eigenvalue weighted by Gasteiger charge is 2.28. The molecule has 2 aromatic heterocycles. The van der Waals surface area contributed by atoms with Crippen molar-refractivity contribution in [2.45, 2.75) is 57.4 Å². The molecule has 0 bridgehead atoms. The number of hydrogen-bond acceptors (Lipinski definition) is 5. The van der Waals surface area contributed by atoms with Crippen LogP contribution in [-0.4, -0.2) is 44.8 Å². The lowest BCUT2D eigenvalue weighted by atomic mass is 9.96. The number of fused-ring (bicyclic) bond motifs is 1. The molecule has 134 valence electrons. The fourth-order valence-electron chi connectivity index (χ4n) is 4.03. The molecule has 1 unspecified atom stereocenters. The van der Waals surface area contributed by atoms with Crippen LogP contribution in [0.4, 0.5) is 5.82 Å². The number of carbonyl (C=O) groups excluding carboxylic acids is 1. The number of nitrogens with one attached hydrogen (secondary N) is 1. The number of rotatable bonds is 3. The molecule has 0 aromatic carbocycles. The molecule has 1 amide bonds. The summed E-state index contributed by atoms with van der Waals surface area (Å²) in [6.07, 6.45) is 11.0. The summed E-state index contributed by atoms with van der Waals surface area (Å²) < 4.78 is 1.69. The molecule has 7 heteroatoms. The van der Waals surface area contributed by atoms with Crippen molar-refractivity contribution in [3.63, 3.8) is 0 Å². The van der Waals surface area contributed by atoms with Crippen LogP contribution in [0.1, 0.15) is 51.4 Å². The standard InChI is InChI=1S/C18H26N6O/c25-18(20-15-7-3-1-2-4-8-15)14-6-5-11-23(12-14)17-10-9-16-21-19-13-24(16)22-17/h9-10,13-15H,1-8,11-12H2,(H,20,25). The van der Waals surface area contributed by atoms with Crippen LogP contribution in [0.25, 0.3) is 5.65 Å². The molecule has 7 nitrogen and oxygen atoms in total. The third kappa shape index (κ3) is 3.75. The van der Waals surface area contributed by atoms with E-state index in [-0.39, 0.29) is 11.8 Å². The SMILES string of the molecule is O=C(NC1CCCCCC1)C1CCCN(c2ccc3nncn3n2)C1. The van der Waals surface area contributed by atoms with Gasteiger partial charge in [0.2, 0.25) is 5.91 Å². The van der Waals surface area contributed by atoms with Crippen LogP contribution in [0.5, 0.6) is 0 Å². The van der Waals surface area contributed by atoms with Gasteiger partial charge in [-0.1, -0.05) is 25.7 Å². The summed E-state index contributed by atoms with van der Waals surface area (Å²) in [5.74, 6) is 1.16. The Hall–Kier alpha value is -2.18. The van der Waals surface area contributed by atoms with Crippen LogP contribution >= 0.6 is 0 Å². The van der Waals surface area contributed by atoms with Gasteiger partial charge in [-0.25, -0.2) is 0 Å². The second-order valence-electron chi connectivity index (χ2n) is 7.31. The molecule has 4 rings (SSSR count). The predicted octanol–water partition coefficient (Wildman–Crippen LogP) is 2.18. The van der Waals surface area contributed by atoms with Crippen LogP contribution in [0.15, 0.2) is 18.5 Å². The highest BCUT2D eigenvalue weighted by Crippen LogP contribution is 2.23. The van der Waals surface area contributed by atoms with Crippen molar-refractivity contribution in [2.24, 2.45) is 5.92 Å². The van der Waals surface area contributed by atoms with E-state index in [0.717, 1.165) is 50.2 Å². The van der Waals surface area contributed by atoms with Crippen molar-refractivity contribution in [1.82, 2.24) is 25.1 Å². The summed E-state index contributed by atoms with van der Waals surface area (Å²) in [6, 6.07) is 4.26. The number of aromatic nitrogens is 4. The molecule has 0 spiro atoms. The molecule has 2 fully saturated rings. The zero-order valence-electron chi connectivity index (χ0n) is 14.6. The second-order valence-corrected chi connectivity index (χ2v) is 7.31. The maximum Gasteiger partial charge on any atom is 0.225 e. The van der Waals surface area contributed by atoms with Crippen LogP contribution < -0.4 is 10.2 Å². The minimum Gasteiger partial charge on any atom is -0.354 e. The van der Waals surface area contributed by atoms with Crippen molar-refractivity contribution in [3.05, 3.63) is 18.5 Å². The van der Waals surface area contributed by atoms with Gasteiger partial charge in [0.05, 0.1) is 5.92 Å². The Labute approximate surface area is 147 Å². The van der Waals surface area contributed by atoms with Crippen molar-refractivity contribution in [3.8, 4) is 0 Å². The number of piperidine rings is 1. The van der Waals surface area contributed by atoms with Crippen molar-refractivity contribution < 1.29 is 4.79 Å². The van der Waals surface area contributed by atoms with E-state index in [0.29, 0.717) is 6.04 Å². The Morgan fingerprint density at radius 1 is 1.08 bits per heavy atom. The van der Waals surface area contributed by atoms with Gasteiger partial charge >= 0.3 is 0 Å². The maximum atomic E-state index is 12.7. The largest absolute Gasteiger partial charge is 0.354 e. The molecule has 1 saturated carbocycles. The zero-order chi connectivity index (χ0) is 17.1. The first-order valence-corrected chi connectivity index (χ1v) is 9.52. The normalized spacial score (nSPS) is 22.7. The Balaban J connectivity index is 1.40. The average Bonchev–Trinajstić information content (AvgIpc) is 2.97. The second kappa shape index (κ2) is 7.37. The summed E-state index contributed by atoms with van der Waals surface area (Å²) in [5, 5.41) is 15.7. The van der Waals surface area contributed by atoms with E-state index in [9.17, 15) is 4.79 Å². The Morgan fingerprint density at radius 3 is 2.76 bits per heavy atom. The van der Waals surface area contributed by atoms with Gasteiger partial charge in [-0.2, -0.15) is 4.52 Å². The Bertz CT molecular complexity index is 721. The van der Waals surface area contributed by atoms with E-state index in [2.05, 4.69) is 25.5 Å². The van der Waals surface area contributed by atoms with Crippen LogP contribution in [-0.2, 0) is 4.79 Å². The van der Waals surface area contributed by atoms with Gasteiger partial charge in [0, 0.05) is 19.1 Å². The fraction of sp³-hybridized carbons (Fsp3) is 0.667. The maximum absolute atomic E-state index is 12.7. The zero-order valence-corrected chi connectivity index (χ0v) is 14.6. The topological polar surface area (TPSA) is 75.4 Å². The first-order valence-electron chi connectivity index (χ1n) is 9.52. The van der Waals surface area contributed by atoms with E-state index < -0.39 is 0 Å². The van der Waals surface area contributed by atoms with Crippen molar-refractivity contribution in [2.75, 3.05) is 18.0 Å². The average molecular weight is 342 g/mol. The quantitative estimate of drug-likeness (QED) is 0.865. The van der Waals surface area contributed by atoms with E-state index in [4.69, 9.17) is 0 Å². The first kappa shape index (κ1) is 16.3. The number of carbonyl (C=O) groups is 1. The van der Waals surface area contributed by atoms with Gasteiger partial charge in [0.15, 0.2) is 5.65 Å². The van der Waals surface area contributed by atoms with Crippen molar-refractivity contribution >= 4 is 17.4 Å². The number of hydrogen-bond donors (Lipinski definition) is 1. The van der Waals surface area contributed by atoms with E-state index in [1.165, 1.54) is 25.7 Å². The first-order chi connectivity index (χ1) is 12.3. The van der Waals surface area contributed by atoms with Crippen molar-refractivity contribution in [1.29, 1.82) is 0 Å². The van der Waals surface area contributed by atoms with E-state index in [1.54, 1.807) is 10.8 Å². The monoisotopic (exact) mass is 342 g/mol. The molecule has 1 saturated heterocycles. The summed E-state index contributed by atoms with van der Waals surface area (Å²) in [4.78, 5) is 15.0. The minimum absolute atomic E-state index is 0.0513. The molecule has 1 N–H and O–H groups in total. The predicted molar refractivity (Wildman–Crippen MR) is 95.4 cm³/mol. The van der Waals surface area contributed by atoms with Crippen LogP contribution in [0, 0.1) is 5.92 Å². The van der Waals surface area contributed by atoms with Gasteiger partial charge in [0.25, 0.3) is 0 Å². The molecule has 2 aliphatic rings. The molecule has 1 atom stereocenters. The van der Waals surface area contributed by atoms with Gasteiger partial charge in [-0.15, -0.1) is 15.3 Å². The third-order valence-electron chi connectivity index (χ3n) is 5.47. The number of nitrogens with zero attached hydrogens (tertiary/aromatic N) is 5. The number of anilines is 1. The third-order valence-corrected chi connectivity index (χ3v) is 5.47. The lowest BCUT2D eigenvalue weighted by molar-refractivity contribution is -0.126. The lowest BCUT2D eigenvalue weighted by Crippen LogP contribution is -2.46. The van der Waals surface area contributed by atoms with Gasteiger partial charge in [0.1, 0.15) is 12.1 Å². The number of amides is 1. The highest BCUT2D eigenvalue weighted by atomic mass is 16.2. The molecule has 25 heavy (non-hydrogen) atoms. The van der Waals surface area contributed by atoms with Gasteiger partial charge < -0.3 is 10.2 Å². The Morgan fingerprint density at radius 2 is 1.92 bits per heavy atom. The summed E-state index contributed by atoms with van der Waals surface area (Å²) in [7, 11) is 0. The van der Waals surface area contributed by atoms with Crippen LogP contribution in [0.3, 0.4) is 0 Å².